The predicted octanol–water partition coefficient (Wildman–Crippen LogP) is 7.62. The average molecular weight is 693 g/mol. The van der Waals surface area contributed by atoms with Crippen molar-refractivity contribution < 1.29 is 26.9 Å². The van der Waals surface area contributed by atoms with E-state index in [9.17, 15) is 13.2 Å². The second-order valence-corrected chi connectivity index (χ2v) is 13.6. The first kappa shape index (κ1) is 33.9. The van der Waals surface area contributed by atoms with Crippen molar-refractivity contribution in [3.63, 3.8) is 0 Å². The second-order valence-electron chi connectivity index (χ2n) is 12.0. The standard InChI is InChI=1S/C37H36N6O6S/c1-23(2)32-22-35(43(42-32)26-12-10-24(3)11-13-26)41-37(44)39-31-14-15-33(30-9-7-6-8-29(30)31)48-36-16-17-38-34(40-36)20-25-18-27(47-4)21-28(19-25)49-50(5,45)46/h6-19,21-23H,20H2,1-5H3,(H2,39,41,44). The maximum Gasteiger partial charge on any atom is 0.324 e. The minimum absolute atomic E-state index is 0.125. The number of amides is 2. The van der Waals surface area contributed by atoms with Crippen molar-refractivity contribution in [2.45, 2.75) is 33.1 Å². The number of aryl methyl sites for hydroxylation is 1. The molecule has 0 saturated carbocycles. The van der Waals surface area contributed by atoms with E-state index in [0.717, 1.165) is 34.0 Å². The van der Waals surface area contributed by atoms with Gasteiger partial charge in [-0.15, -0.1) is 0 Å². The number of hydrogen-bond acceptors (Lipinski definition) is 9. The highest BCUT2D eigenvalue weighted by atomic mass is 32.2. The van der Waals surface area contributed by atoms with Crippen LogP contribution in [0.1, 0.15) is 42.4 Å². The molecule has 0 unspecified atom stereocenters. The van der Waals surface area contributed by atoms with Crippen molar-refractivity contribution in [1.29, 1.82) is 0 Å². The molecule has 0 spiro atoms. The molecule has 4 aromatic carbocycles. The fourth-order valence-corrected chi connectivity index (χ4v) is 5.73. The summed E-state index contributed by atoms with van der Waals surface area (Å²) in [5, 5.41) is 12.2. The van der Waals surface area contributed by atoms with E-state index in [0.29, 0.717) is 40.3 Å². The van der Waals surface area contributed by atoms with Crippen LogP contribution < -0.4 is 24.3 Å². The van der Waals surface area contributed by atoms with Crippen LogP contribution in [0, 0.1) is 6.92 Å². The highest BCUT2D eigenvalue weighted by Crippen LogP contribution is 2.34. The number of methoxy groups -OCH3 is 1. The van der Waals surface area contributed by atoms with Crippen LogP contribution in [0.25, 0.3) is 16.5 Å². The number of benzene rings is 4. The van der Waals surface area contributed by atoms with Crippen molar-refractivity contribution >= 4 is 38.4 Å². The van der Waals surface area contributed by atoms with Crippen molar-refractivity contribution in [3.05, 3.63) is 120 Å². The van der Waals surface area contributed by atoms with Gasteiger partial charge in [-0.3, -0.25) is 5.32 Å². The number of carbonyl (C=O) groups excluding carboxylic acids is 1. The maximum absolute atomic E-state index is 13.4. The lowest BCUT2D eigenvalue weighted by Gasteiger charge is -2.14. The van der Waals surface area contributed by atoms with Gasteiger partial charge in [-0.1, -0.05) is 55.8 Å². The lowest BCUT2D eigenvalue weighted by Crippen LogP contribution is -2.21. The third-order valence-electron chi connectivity index (χ3n) is 7.65. The van der Waals surface area contributed by atoms with Gasteiger partial charge in [-0.05, 0) is 54.8 Å². The molecule has 50 heavy (non-hydrogen) atoms. The number of ether oxygens (including phenoxy) is 2. The molecule has 0 aliphatic heterocycles. The summed E-state index contributed by atoms with van der Waals surface area (Å²) in [5.74, 6) is 2.54. The van der Waals surface area contributed by atoms with Crippen molar-refractivity contribution in [2.24, 2.45) is 0 Å². The van der Waals surface area contributed by atoms with E-state index in [2.05, 4.69) is 34.4 Å². The normalized spacial score (nSPS) is 11.4. The van der Waals surface area contributed by atoms with Gasteiger partial charge in [0.15, 0.2) is 0 Å². The molecule has 0 bridgehead atoms. The fourth-order valence-electron chi connectivity index (χ4n) is 5.28. The molecule has 256 valence electrons. The van der Waals surface area contributed by atoms with Gasteiger partial charge in [0.2, 0.25) is 5.88 Å². The van der Waals surface area contributed by atoms with Crippen LogP contribution >= 0.6 is 0 Å². The Bertz CT molecular complexity index is 2290. The molecule has 2 N–H and O–H groups in total. The Balaban J connectivity index is 1.21. The van der Waals surface area contributed by atoms with Gasteiger partial charge in [0.05, 0.1) is 30.4 Å². The highest BCUT2D eigenvalue weighted by molar-refractivity contribution is 7.86. The van der Waals surface area contributed by atoms with Crippen LogP contribution in [0.5, 0.6) is 23.1 Å². The molecule has 13 heteroatoms. The summed E-state index contributed by atoms with van der Waals surface area (Å²) < 4.78 is 41.7. The lowest BCUT2D eigenvalue weighted by atomic mass is 10.1. The first-order valence-electron chi connectivity index (χ1n) is 15.8. The summed E-state index contributed by atoms with van der Waals surface area (Å²) in [6.45, 7) is 6.13. The monoisotopic (exact) mass is 692 g/mol. The number of urea groups is 1. The Labute approximate surface area is 290 Å². The minimum atomic E-state index is -3.73. The molecule has 0 atom stereocenters. The van der Waals surface area contributed by atoms with Gasteiger partial charge >= 0.3 is 16.1 Å². The molecular weight excluding hydrogens is 657 g/mol. The Hall–Kier alpha value is -5.95. The summed E-state index contributed by atoms with van der Waals surface area (Å²) in [6.07, 6.45) is 2.82. The summed E-state index contributed by atoms with van der Waals surface area (Å²) in [5.41, 5.74) is 4.09. The quantitative estimate of drug-likeness (QED) is 0.131. The van der Waals surface area contributed by atoms with E-state index in [4.69, 9.17) is 18.8 Å². The van der Waals surface area contributed by atoms with Gasteiger partial charge in [0.1, 0.15) is 28.9 Å². The number of hydrogen-bond donors (Lipinski definition) is 2. The van der Waals surface area contributed by atoms with Crippen LogP contribution in [-0.2, 0) is 16.5 Å². The molecule has 2 amide bonds. The number of nitrogens with one attached hydrogen (secondary N) is 2. The molecule has 2 heterocycles. The fraction of sp³-hybridized carbons (Fsp3) is 0.189. The topological polar surface area (TPSA) is 147 Å². The molecule has 0 aliphatic carbocycles. The number of aromatic nitrogens is 4. The molecule has 0 aliphatic rings. The highest BCUT2D eigenvalue weighted by Gasteiger charge is 2.17. The average Bonchev–Trinajstić information content (AvgIpc) is 3.49. The van der Waals surface area contributed by atoms with Gasteiger partial charge in [-0.2, -0.15) is 18.5 Å². The Morgan fingerprint density at radius 3 is 2.36 bits per heavy atom. The summed E-state index contributed by atoms with van der Waals surface area (Å²) >= 11 is 0. The number of nitrogens with zero attached hydrogens (tertiary/aromatic N) is 4. The van der Waals surface area contributed by atoms with Gasteiger partial charge in [-0.25, -0.2) is 14.5 Å². The Morgan fingerprint density at radius 1 is 0.900 bits per heavy atom. The minimum Gasteiger partial charge on any atom is -0.497 e. The van der Waals surface area contributed by atoms with Gasteiger partial charge < -0.3 is 19.0 Å². The summed E-state index contributed by atoms with van der Waals surface area (Å²) in [6, 6.07) is 27.0. The zero-order valence-corrected chi connectivity index (χ0v) is 29.0. The first-order valence-corrected chi connectivity index (χ1v) is 17.6. The number of fused-ring (bicyclic) bond motifs is 1. The molecule has 2 aromatic heterocycles. The van der Waals surface area contributed by atoms with Crippen molar-refractivity contribution in [3.8, 4) is 28.8 Å². The largest absolute Gasteiger partial charge is 0.497 e. The first-order chi connectivity index (χ1) is 23.9. The van der Waals surface area contributed by atoms with Crippen molar-refractivity contribution in [1.82, 2.24) is 19.7 Å². The van der Waals surface area contributed by atoms with E-state index >= 15 is 0 Å². The predicted molar refractivity (Wildman–Crippen MR) is 192 cm³/mol. The Kier molecular flexibility index (Phi) is 9.68. The van der Waals surface area contributed by atoms with E-state index in [1.807, 2.05) is 61.5 Å². The third-order valence-corrected chi connectivity index (χ3v) is 8.15. The number of carbonyl (C=O) groups is 1. The molecule has 0 fully saturated rings. The van der Waals surface area contributed by atoms with Crippen LogP contribution in [0.15, 0.2) is 97.2 Å². The SMILES string of the molecule is COc1cc(Cc2nccc(Oc3ccc(NC(=O)Nc4cc(C(C)C)nn4-c4ccc(C)cc4)c4ccccc34)n2)cc(OS(C)(=O)=O)c1. The van der Waals surface area contributed by atoms with E-state index in [-0.39, 0.29) is 18.1 Å². The second kappa shape index (κ2) is 14.3. The zero-order chi connectivity index (χ0) is 35.4. The van der Waals surface area contributed by atoms with Crippen LogP contribution in [0.3, 0.4) is 0 Å². The number of anilines is 2. The van der Waals surface area contributed by atoms with Gasteiger partial charge in [0, 0.05) is 41.6 Å². The number of rotatable bonds is 11. The molecule has 6 aromatic rings. The van der Waals surface area contributed by atoms with Crippen LogP contribution in [-0.4, -0.2) is 47.6 Å². The van der Waals surface area contributed by atoms with E-state index in [1.165, 1.54) is 13.2 Å². The Morgan fingerprint density at radius 2 is 1.64 bits per heavy atom. The van der Waals surface area contributed by atoms with Crippen LogP contribution in [0.2, 0.25) is 0 Å². The maximum atomic E-state index is 13.4. The molecular formula is C37H36N6O6S. The third kappa shape index (κ3) is 8.18. The molecule has 0 saturated heterocycles. The molecule has 6 rings (SSSR count). The lowest BCUT2D eigenvalue weighted by molar-refractivity contribution is 0.262. The smallest absolute Gasteiger partial charge is 0.324 e. The van der Waals surface area contributed by atoms with E-state index < -0.39 is 16.1 Å². The van der Waals surface area contributed by atoms with Gasteiger partial charge in [0.25, 0.3) is 0 Å². The summed E-state index contributed by atoms with van der Waals surface area (Å²) in [4.78, 5) is 22.3. The molecule has 0 radical (unpaired) electrons. The summed E-state index contributed by atoms with van der Waals surface area (Å²) in [7, 11) is -2.25. The molecule has 12 nitrogen and oxygen atoms in total. The zero-order valence-electron chi connectivity index (χ0n) is 28.2. The van der Waals surface area contributed by atoms with Crippen molar-refractivity contribution in [2.75, 3.05) is 24.0 Å². The van der Waals surface area contributed by atoms with Crippen LogP contribution in [0.4, 0.5) is 16.3 Å². The van der Waals surface area contributed by atoms with E-state index in [1.54, 1.807) is 41.2 Å².